The second-order valence-electron chi connectivity index (χ2n) is 4.74. The van der Waals surface area contributed by atoms with Crippen molar-refractivity contribution in [1.29, 1.82) is 0 Å². The van der Waals surface area contributed by atoms with Crippen LogP contribution in [0.4, 0.5) is 5.82 Å². The second-order valence-corrected chi connectivity index (χ2v) is 5.15. The van der Waals surface area contributed by atoms with E-state index in [1.165, 1.54) is 11.8 Å². The lowest BCUT2D eigenvalue weighted by Gasteiger charge is -2.06. The number of nitrogen functional groups attached to an aromatic ring is 1. The maximum Gasteiger partial charge on any atom is 0.344 e. The third-order valence-electron chi connectivity index (χ3n) is 3.16. The molecule has 0 saturated carbocycles. The summed E-state index contributed by atoms with van der Waals surface area (Å²) < 4.78 is 11.4. The number of rotatable bonds is 6. The molecule has 0 aliphatic carbocycles. The number of ketones is 1. The van der Waals surface area contributed by atoms with Gasteiger partial charge in [-0.3, -0.25) is 9.48 Å². The van der Waals surface area contributed by atoms with Gasteiger partial charge in [-0.25, -0.2) is 4.79 Å². The first-order valence-corrected chi connectivity index (χ1v) is 7.08. The fourth-order valence-corrected chi connectivity index (χ4v) is 2.26. The zero-order chi connectivity index (χ0) is 17.0. The molecule has 1 aromatic heterocycles. The average molecular weight is 338 g/mol. The summed E-state index contributed by atoms with van der Waals surface area (Å²) in [5.41, 5.74) is 6.55. The van der Waals surface area contributed by atoms with Crippen LogP contribution in [0.5, 0.6) is 0 Å². The van der Waals surface area contributed by atoms with Crippen molar-refractivity contribution in [2.24, 2.45) is 7.05 Å². The number of benzene rings is 1. The molecule has 0 aliphatic heterocycles. The Labute approximate surface area is 137 Å². The van der Waals surface area contributed by atoms with Gasteiger partial charge in [-0.2, -0.15) is 5.10 Å². The van der Waals surface area contributed by atoms with Crippen molar-refractivity contribution in [2.75, 3.05) is 19.5 Å². The molecule has 2 aromatic rings. The van der Waals surface area contributed by atoms with Crippen LogP contribution in [-0.4, -0.2) is 35.2 Å². The van der Waals surface area contributed by atoms with Crippen LogP contribution in [-0.2, 0) is 23.1 Å². The number of esters is 1. The summed E-state index contributed by atoms with van der Waals surface area (Å²) in [6.07, 6.45) is 0. The zero-order valence-electron chi connectivity index (χ0n) is 12.7. The molecular formula is C15H16ClN3O4. The number of carbonyl (C=O) groups excluding carboxylic acids is 2. The molecule has 1 aromatic carbocycles. The van der Waals surface area contributed by atoms with Gasteiger partial charge in [0.25, 0.3) is 0 Å². The first-order valence-electron chi connectivity index (χ1n) is 6.70. The average Bonchev–Trinajstić information content (AvgIpc) is 2.80. The molecule has 122 valence electrons. The molecule has 0 bridgehead atoms. The zero-order valence-corrected chi connectivity index (χ0v) is 13.5. The van der Waals surface area contributed by atoms with Crippen LogP contribution in [0.15, 0.2) is 24.3 Å². The standard InChI is InChI=1S/C15H16ClN3O4/c1-19-14(17)13(11(18-19)7-22-2)15(21)23-8-12(20)9-5-3-4-6-10(9)16/h3-6H,7-8,17H2,1-2H3. The van der Waals surface area contributed by atoms with Crippen LogP contribution >= 0.6 is 11.6 Å². The lowest BCUT2D eigenvalue weighted by atomic mass is 10.1. The molecule has 0 atom stereocenters. The quantitative estimate of drug-likeness (QED) is 0.638. The molecule has 1 heterocycles. The molecule has 0 unspecified atom stereocenters. The number of ether oxygens (including phenoxy) is 2. The minimum Gasteiger partial charge on any atom is -0.454 e. The maximum absolute atomic E-state index is 12.2. The molecule has 0 aliphatic rings. The van der Waals surface area contributed by atoms with E-state index in [0.29, 0.717) is 16.3 Å². The summed E-state index contributed by atoms with van der Waals surface area (Å²) in [5, 5.41) is 4.38. The van der Waals surface area contributed by atoms with Crippen LogP contribution in [0, 0.1) is 0 Å². The van der Waals surface area contributed by atoms with E-state index >= 15 is 0 Å². The highest BCUT2D eigenvalue weighted by Crippen LogP contribution is 2.19. The minimum atomic E-state index is -0.733. The molecule has 23 heavy (non-hydrogen) atoms. The van der Waals surface area contributed by atoms with Gasteiger partial charge in [0.05, 0.1) is 11.6 Å². The number of nitrogens with two attached hydrogens (primary N) is 1. The molecule has 2 N–H and O–H groups in total. The summed E-state index contributed by atoms with van der Waals surface area (Å²) in [5.74, 6) is -0.991. The van der Waals surface area contributed by atoms with Gasteiger partial charge in [-0.1, -0.05) is 23.7 Å². The Kier molecular flexibility index (Phi) is 5.36. The Bertz CT molecular complexity index is 742. The van der Waals surface area contributed by atoms with Crippen molar-refractivity contribution in [2.45, 2.75) is 6.61 Å². The predicted octanol–water partition coefficient (Wildman–Crippen LogP) is 1.84. The van der Waals surface area contributed by atoms with Gasteiger partial charge in [0, 0.05) is 19.7 Å². The van der Waals surface area contributed by atoms with Crippen molar-refractivity contribution in [1.82, 2.24) is 9.78 Å². The number of methoxy groups -OCH3 is 1. The molecule has 0 fully saturated rings. The fourth-order valence-electron chi connectivity index (χ4n) is 2.02. The van der Waals surface area contributed by atoms with E-state index in [-0.39, 0.29) is 18.0 Å². The highest BCUT2D eigenvalue weighted by atomic mass is 35.5. The van der Waals surface area contributed by atoms with Gasteiger partial charge in [0.1, 0.15) is 17.1 Å². The molecular weight excluding hydrogens is 322 g/mol. The highest BCUT2D eigenvalue weighted by Gasteiger charge is 2.23. The van der Waals surface area contributed by atoms with Gasteiger partial charge < -0.3 is 15.2 Å². The van der Waals surface area contributed by atoms with Crippen LogP contribution in [0.1, 0.15) is 26.4 Å². The van der Waals surface area contributed by atoms with Crippen LogP contribution < -0.4 is 5.73 Å². The Morgan fingerprint density at radius 1 is 1.35 bits per heavy atom. The van der Waals surface area contributed by atoms with Gasteiger partial charge in [0.15, 0.2) is 6.61 Å². The van der Waals surface area contributed by atoms with E-state index in [0.717, 1.165) is 0 Å². The fraction of sp³-hybridized carbons (Fsp3) is 0.267. The molecule has 0 spiro atoms. The molecule has 0 amide bonds. The summed E-state index contributed by atoms with van der Waals surface area (Å²) in [6.45, 7) is -0.336. The number of halogens is 1. The second kappa shape index (κ2) is 7.26. The van der Waals surface area contributed by atoms with Gasteiger partial charge >= 0.3 is 5.97 Å². The first-order chi connectivity index (χ1) is 11.0. The van der Waals surface area contributed by atoms with E-state index in [4.69, 9.17) is 26.8 Å². The molecule has 8 heteroatoms. The number of hydrogen-bond acceptors (Lipinski definition) is 6. The lowest BCUT2D eigenvalue weighted by Crippen LogP contribution is -2.16. The third-order valence-corrected chi connectivity index (χ3v) is 3.49. The molecule has 0 saturated heterocycles. The summed E-state index contributed by atoms with van der Waals surface area (Å²) >= 11 is 5.94. The smallest absolute Gasteiger partial charge is 0.344 e. The van der Waals surface area contributed by atoms with Crippen molar-refractivity contribution in [3.05, 3.63) is 46.1 Å². The van der Waals surface area contributed by atoms with Crippen LogP contribution in [0.2, 0.25) is 5.02 Å². The van der Waals surface area contributed by atoms with Crippen molar-refractivity contribution >= 4 is 29.2 Å². The Hall–Kier alpha value is -2.38. The van der Waals surface area contributed by atoms with Crippen LogP contribution in [0.3, 0.4) is 0 Å². The number of carbonyl (C=O) groups is 2. The number of aryl methyl sites for hydroxylation is 1. The molecule has 0 radical (unpaired) electrons. The van der Waals surface area contributed by atoms with E-state index in [1.807, 2.05) is 0 Å². The Morgan fingerprint density at radius 2 is 2.04 bits per heavy atom. The lowest BCUT2D eigenvalue weighted by molar-refractivity contribution is 0.0472. The summed E-state index contributed by atoms with van der Waals surface area (Å²) in [4.78, 5) is 24.3. The molecule has 2 rings (SSSR count). The van der Waals surface area contributed by atoms with E-state index in [1.54, 1.807) is 31.3 Å². The number of aromatic nitrogens is 2. The van der Waals surface area contributed by atoms with Gasteiger partial charge in [-0.15, -0.1) is 0 Å². The number of nitrogens with zero attached hydrogens (tertiary/aromatic N) is 2. The molecule has 7 nitrogen and oxygen atoms in total. The first kappa shape index (κ1) is 17.0. The SMILES string of the molecule is COCc1nn(C)c(N)c1C(=O)OCC(=O)c1ccccc1Cl. The monoisotopic (exact) mass is 337 g/mol. The van der Waals surface area contributed by atoms with Crippen molar-refractivity contribution in [3.63, 3.8) is 0 Å². The van der Waals surface area contributed by atoms with Crippen LogP contribution in [0.25, 0.3) is 0 Å². The normalized spacial score (nSPS) is 10.6. The summed E-state index contributed by atoms with van der Waals surface area (Å²) in [6, 6.07) is 6.54. The van der Waals surface area contributed by atoms with Gasteiger partial charge in [0.2, 0.25) is 5.78 Å². The number of anilines is 1. The van der Waals surface area contributed by atoms with Crippen molar-refractivity contribution in [3.8, 4) is 0 Å². The van der Waals surface area contributed by atoms with Gasteiger partial charge in [-0.05, 0) is 12.1 Å². The largest absolute Gasteiger partial charge is 0.454 e. The predicted molar refractivity (Wildman–Crippen MR) is 84.4 cm³/mol. The highest BCUT2D eigenvalue weighted by molar-refractivity contribution is 6.34. The summed E-state index contributed by atoms with van der Waals surface area (Å²) in [7, 11) is 3.07. The number of Topliss-reactive ketones (excluding diaryl/α,β-unsaturated/α-hetero) is 1. The van der Waals surface area contributed by atoms with E-state index in [9.17, 15) is 9.59 Å². The minimum absolute atomic E-state index is 0.0984. The maximum atomic E-state index is 12.2. The van der Waals surface area contributed by atoms with Crippen molar-refractivity contribution < 1.29 is 19.1 Å². The van der Waals surface area contributed by atoms with E-state index in [2.05, 4.69) is 5.10 Å². The Balaban J connectivity index is 2.11. The van der Waals surface area contributed by atoms with E-state index < -0.39 is 18.4 Å². The Morgan fingerprint density at radius 3 is 2.70 bits per heavy atom. The third kappa shape index (κ3) is 3.69. The topological polar surface area (TPSA) is 96.4 Å². The number of hydrogen-bond donors (Lipinski definition) is 1.